The minimum absolute atomic E-state index is 0.293. The van der Waals surface area contributed by atoms with Crippen molar-refractivity contribution >= 4 is 12.0 Å². The Labute approximate surface area is 138 Å². The molecule has 2 aliphatic heterocycles. The summed E-state index contributed by atoms with van der Waals surface area (Å²) in [7, 11) is 0. The molecule has 130 valence electrons. The van der Waals surface area contributed by atoms with Crippen molar-refractivity contribution in [3.05, 3.63) is 35.4 Å². The maximum Gasteiger partial charge on any atom is 0.409 e. The summed E-state index contributed by atoms with van der Waals surface area (Å²) in [6.45, 7) is 4.29. The van der Waals surface area contributed by atoms with Crippen LogP contribution < -0.4 is 0 Å². The number of hydrogen-bond acceptors (Lipinski definition) is 4. The zero-order chi connectivity index (χ0) is 17.1. The van der Waals surface area contributed by atoms with E-state index in [1.165, 1.54) is 11.0 Å². The first kappa shape index (κ1) is 16.6. The Bertz CT molecular complexity index is 613. The Hall–Kier alpha value is -2.22. The van der Waals surface area contributed by atoms with Crippen LogP contribution in [0.2, 0.25) is 0 Å². The molecule has 2 aliphatic rings. The lowest BCUT2D eigenvalue weighted by atomic mass is 10.1. The first-order chi connectivity index (χ1) is 11.6. The van der Waals surface area contributed by atoms with Gasteiger partial charge in [-0.2, -0.15) is 0 Å². The number of halogens is 2. The standard InChI is InChI=1S/C16H19F2N3O3/c17-12-2-1-3-13(18)14(12)15(22)20-7-4-19(5-8-20)6-9-21-10-11-24-16(21)23/h1-3H,4-11H2. The Morgan fingerprint density at radius 3 is 2.29 bits per heavy atom. The van der Waals surface area contributed by atoms with Crippen LogP contribution in [0.1, 0.15) is 10.4 Å². The maximum atomic E-state index is 13.7. The van der Waals surface area contributed by atoms with E-state index in [-0.39, 0.29) is 6.09 Å². The van der Waals surface area contributed by atoms with Gasteiger partial charge in [-0.05, 0) is 12.1 Å². The SMILES string of the molecule is O=C1OCCN1CCN1CCN(C(=O)c2c(F)cccc2F)CC1. The summed E-state index contributed by atoms with van der Waals surface area (Å²) in [5.41, 5.74) is -0.495. The minimum atomic E-state index is -0.838. The van der Waals surface area contributed by atoms with Gasteiger partial charge in [0.25, 0.3) is 5.91 Å². The molecular weight excluding hydrogens is 320 g/mol. The van der Waals surface area contributed by atoms with Gasteiger partial charge in [0, 0.05) is 39.3 Å². The zero-order valence-electron chi connectivity index (χ0n) is 13.2. The summed E-state index contributed by atoms with van der Waals surface area (Å²) in [4.78, 5) is 28.9. The molecular formula is C16H19F2N3O3. The lowest BCUT2D eigenvalue weighted by molar-refractivity contribution is 0.0620. The Kier molecular flexibility index (Phi) is 4.94. The van der Waals surface area contributed by atoms with Crippen molar-refractivity contribution in [2.45, 2.75) is 0 Å². The molecule has 6 nitrogen and oxygen atoms in total. The second kappa shape index (κ2) is 7.12. The van der Waals surface area contributed by atoms with E-state index >= 15 is 0 Å². The van der Waals surface area contributed by atoms with Gasteiger partial charge in [0.15, 0.2) is 0 Å². The average Bonchev–Trinajstić information content (AvgIpc) is 2.98. The lowest BCUT2D eigenvalue weighted by Gasteiger charge is -2.35. The molecule has 0 atom stereocenters. The van der Waals surface area contributed by atoms with E-state index in [1.807, 2.05) is 0 Å². The van der Waals surface area contributed by atoms with Crippen LogP contribution in [0.5, 0.6) is 0 Å². The molecule has 3 rings (SSSR count). The highest BCUT2D eigenvalue weighted by molar-refractivity contribution is 5.94. The van der Waals surface area contributed by atoms with Gasteiger partial charge < -0.3 is 14.5 Å². The number of hydrogen-bond donors (Lipinski definition) is 0. The van der Waals surface area contributed by atoms with Crippen LogP contribution in [0.25, 0.3) is 0 Å². The Morgan fingerprint density at radius 1 is 1.04 bits per heavy atom. The molecule has 0 bridgehead atoms. The zero-order valence-corrected chi connectivity index (χ0v) is 13.2. The quantitative estimate of drug-likeness (QED) is 0.827. The van der Waals surface area contributed by atoms with Crippen LogP contribution in [0, 0.1) is 11.6 Å². The topological polar surface area (TPSA) is 53.1 Å². The lowest BCUT2D eigenvalue weighted by Crippen LogP contribution is -2.50. The first-order valence-corrected chi connectivity index (χ1v) is 7.93. The number of amides is 2. The van der Waals surface area contributed by atoms with Gasteiger partial charge in [0.1, 0.15) is 23.8 Å². The van der Waals surface area contributed by atoms with Crippen molar-refractivity contribution < 1.29 is 23.1 Å². The first-order valence-electron chi connectivity index (χ1n) is 7.93. The number of cyclic esters (lactones) is 1. The monoisotopic (exact) mass is 339 g/mol. The average molecular weight is 339 g/mol. The number of rotatable bonds is 4. The van der Waals surface area contributed by atoms with Crippen LogP contribution >= 0.6 is 0 Å². The number of carbonyl (C=O) groups is 2. The molecule has 0 unspecified atom stereocenters. The molecule has 0 radical (unpaired) electrons. The van der Waals surface area contributed by atoms with Crippen LogP contribution in [0.3, 0.4) is 0 Å². The highest BCUT2D eigenvalue weighted by atomic mass is 19.1. The van der Waals surface area contributed by atoms with Gasteiger partial charge in [-0.3, -0.25) is 9.69 Å². The molecule has 1 aromatic carbocycles. The van der Waals surface area contributed by atoms with Gasteiger partial charge in [-0.15, -0.1) is 0 Å². The van der Waals surface area contributed by atoms with E-state index in [4.69, 9.17) is 4.74 Å². The van der Waals surface area contributed by atoms with Gasteiger partial charge in [0.05, 0.1) is 6.54 Å². The van der Waals surface area contributed by atoms with Crippen LogP contribution in [0.15, 0.2) is 18.2 Å². The molecule has 24 heavy (non-hydrogen) atoms. The van der Waals surface area contributed by atoms with Crippen molar-refractivity contribution in [2.75, 3.05) is 52.4 Å². The normalized spacial score (nSPS) is 18.8. The summed E-state index contributed by atoms with van der Waals surface area (Å²) in [6.07, 6.45) is -0.293. The molecule has 2 fully saturated rings. The molecule has 2 saturated heterocycles. The van der Waals surface area contributed by atoms with Gasteiger partial charge in [-0.1, -0.05) is 6.07 Å². The molecule has 2 heterocycles. The molecule has 0 aromatic heterocycles. The fourth-order valence-corrected chi connectivity index (χ4v) is 2.93. The van der Waals surface area contributed by atoms with Crippen LogP contribution in [-0.4, -0.2) is 79.1 Å². The van der Waals surface area contributed by atoms with E-state index < -0.39 is 23.1 Å². The number of ether oxygens (including phenoxy) is 1. The predicted molar refractivity (Wildman–Crippen MR) is 81.6 cm³/mol. The largest absolute Gasteiger partial charge is 0.448 e. The summed E-state index contributed by atoms with van der Waals surface area (Å²) in [5.74, 6) is -2.29. The summed E-state index contributed by atoms with van der Waals surface area (Å²) in [5, 5.41) is 0. The maximum absolute atomic E-state index is 13.7. The highest BCUT2D eigenvalue weighted by Crippen LogP contribution is 2.16. The third-order valence-electron chi connectivity index (χ3n) is 4.37. The number of piperazine rings is 1. The molecule has 0 saturated carbocycles. The number of carbonyl (C=O) groups excluding carboxylic acids is 2. The summed E-state index contributed by atoms with van der Waals surface area (Å²) < 4.78 is 32.3. The van der Waals surface area contributed by atoms with E-state index in [2.05, 4.69) is 4.90 Å². The second-order valence-corrected chi connectivity index (χ2v) is 5.83. The summed E-state index contributed by atoms with van der Waals surface area (Å²) >= 11 is 0. The third-order valence-corrected chi connectivity index (χ3v) is 4.37. The van der Waals surface area contributed by atoms with Crippen molar-refractivity contribution in [1.29, 1.82) is 0 Å². The molecule has 8 heteroatoms. The van der Waals surface area contributed by atoms with E-state index in [0.29, 0.717) is 52.4 Å². The fraction of sp³-hybridized carbons (Fsp3) is 0.500. The molecule has 2 amide bonds. The smallest absolute Gasteiger partial charge is 0.409 e. The van der Waals surface area contributed by atoms with E-state index in [0.717, 1.165) is 12.1 Å². The van der Waals surface area contributed by atoms with Gasteiger partial charge >= 0.3 is 6.09 Å². The second-order valence-electron chi connectivity index (χ2n) is 5.83. The van der Waals surface area contributed by atoms with Crippen molar-refractivity contribution in [3.63, 3.8) is 0 Å². The summed E-state index contributed by atoms with van der Waals surface area (Å²) in [6, 6.07) is 3.41. The molecule has 0 spiro atoms. The minimum Gasteiger partial charge on any atom is -0.448 e. The van der Waals surface area contributed by atoms with E-state index in [9.17, 15) is 18.4 Å². The highest BCUT2D eigenvalue weighted by Gasteiger charge is 2.27. The van der Waals surface area contributed by atoms with Crippen molar-refractivity contribution in [1.82, 2.24) is 14.7 Å². The molecule has 0 aliphatic carbocycles. The van der Waals surface area contributed by atoms with E-state index in [1.54, 1.807) is 4.90 Å². The molecule has 1 aromatic rings. The number of benzene rings is 1. The fourth-order valence-electron chi connectivity index (χ4n) is 2.93. The predicted octanol–water partition coefficient (Wildman–Crippen LogP) is 1.17. The van der Waals surface area contributed by atoms with Crippen molar-refractivity contribution in [2.24, 2.45) is 0 Å². The van der Waals surface area contributed by atoms with Crippen LogP contribution in [-0.2, 0) is 4.74 Å². The third kappa shape index (κ3) is 3.48. The number of nitrogens with zero attached hydrogens (tertiary/aromatic N) is 3. The molecule has 0 N–H and O–H groups in total. The van der Waals surface area contributed by atoms with Gasteiger partial charge in [0.2, 0.25) is 0 Å². The van der Waals surface area contributed by atoms with Crippen molar-refractivity contribution in [3.8, 4) is 0 Å². The van der Waals surface area contributed by atoms with Crippen LogP contribution in [0.4, 0.5) is 13.6 Å². The van der Waals surface area contributed by atoms with Gasteiger partial charge in [-0.25, -0.2) is 13.6 Å². The Morgan fingerprint density at radius 2 is 1.71 bits per heavy atom. The Balaban J connectivity index is 1.51.